The summed E-state index contributed by atoms with van der Waals surface area (Å²) in [4.78, 5) is 64.7. The Kier molecular flexibility index (Phi) is 11.2. The number of nitrogens with two attached hydrogens (primary N) is 1. The number of aliphatic hydroxyl groups excluding tert-OH is 1. The van der Waals surface area contributed by atoms with Crippen LogP contribution in [0.1, 0.15) is 38.7 Å². The van der Waals surface area contributed by atoms with Crippen LogP contribution < -0.4 is 21.7 Å². The van der Waals surface area contributed by atoms with E-state index in [0.29, 0.717) is 12.0 Å². The molecule has 5 atom stereocenters. The van der Waals surface area contributed by atoms with Crippen LogP contribution in [0.3, 0.4) is 0 Å². The Morgan fingerprint density at radius 3 is 2.21 bits per heavy atom. The largest absolute Gasteiger partial charge is 0.481 e. The molecule has 1 aromatic heterocycles. The molecule has 1 aromatic carbocycles. The van der Waals surface area contributed by atoms with Crippen molar-refractivity contribution in [1.29, 1.82) is 0 Å². The second-order valence-electron chi connectivity index (χ2n) is 9.12. The van der Waals surface area contributed by atoms with Crippen LogP contribution in [-0.2, 0) is 30.4 Å². The van der Waals surface area contributed by atoms with Gasteiger partial charge in [0.15, 0.2) is 0 Å². The van der Waals surface area contributed by atoms with Gasteiger partial charge in [0, 0.05) is 29.9 Å². The molecule has 208 valence electrons. The minimum atomic E-state index is -1.39. The Morgan fingerprint density at radius 2 is 1.61 bits per heavy atom. The maximum absolute atomic E-state index is 13.3. The summed E-state index contributed by atoms with van der Waals surface area (Å²) in [6.07, 6.45) is 1.31. The number of carbonyl (C=O) groups is 5. The number of carboxylic acid groups (broad SMARTS) is 2. The lowest BCUT2D eigenvalue weighted by Gasteiger charge is -2.26. The molecule has 0 saturated heterocycles. The molecule has 1 heterocycles. The number of carbonyl (C=O) groups excluding carboxylic acids is 3. The normalized spacial score (nSPS) is 15.1. The maximum atomic E-state index is 13.3. The third kappa shape index (κ3) is 8.28. The topological polar surface area (TPSA) is 224 Å². The number of fused-ring (bicyclic) bond motifs is 1. The number of H-pyrrole nitrogens is 1. The summed E-state index contributed by atoms with van der Waals surface area (Å²) in [5, 5.41) is 36.0. The number of aromatic nitrogens is 1. The Hall–Kier alpha value is -3.97. The molecular weight excluding hydrogens is 498 g/mol. The fraction of sp³-hybridized carbons (Fsp3) is 0.480. The van der Waals surface area contributed by atoms with E-state index in [1.807, 2.05) is 18.2 Å². The van der Waals surface area contributed by atoms with Crippen molar-refractivity contribution < 1.29 is 39.3 Å². The van der Waals surface area contributed by atoms with E-state index in [1.165, 1.54) is 0 Å². The molecule has 0 spiro atoms. The molecule has 2 rings (SSSR count). The van der Waals surface area contributed by atoms with Gasteiger partial charge < -0.3 is 42.0 Å². The quantitative estimate of drug-likeness (QED) is 0.147. The van der Waals surface area contributed by atoms with Crippen LogP contribution in [0.4, 0.5) is 0 Å². The molecule has 0 fully saturated rings. The average molecular weight is 534 g/mol. The Bertz CT molecular complexity index is 1150. The van der Waals surface area contributed by atoms with Gasteiger partial charge in [0.1, 0.15) is 24.2 Å². The number of para-hydroxylation sites is 1. The van der Waals surface area contributed by atoms with Gasteiger partial charge in [-0.05, 0) is 24.0 Å². The number of hydrogen-bond donors (Lipinski definition) is 8. The zero-order chi connectivity index (χ0) is 28.4. The van der Waals surface area contributed by atoms with Gasteiger partial charge in [-0.1, -0.05) is 38.5 Å². The van der Waals surface area contributed by atoms with Gasteiger partial charge >= 0.3 is 11.9 Å². The predicted molar refractivity (Wildman–Crippen MR) is 137 cm³/mol. The number of hydrogen-bond acceptors (Lipinski definition) is 7. The van der Waals surface area contributed by atoms with Crippen molar-refractivity contribution in [3.8, 4) is 0 Å². The molecule has 3 amide bonds. The fourth-order valence-electron chi connectivity index (χ4n) is 3.84. The molecule has 0 aliphatic heterocycles. The molecular formula is C25H35N5O8. The van der Waals surface area contributed by atoms with Gasteiger partial charge in [-0.15, -0.1) is 0 Å². The highest BCUT2D eigenvalue weighted by Gasteiger charge is 2.32. The molecule has 5 unspecified atom stereocenters. The number of rotatable bonds is 15. The van der Waals surface area contributed by atoms with E-state index in [4.69, 9.17) is 10.8 Å². The van der Waals surface area contributed by atoms with E-state index in [1.54, 1.807) is 26.1 Å². The van der Waals surface area contributed by atoms with Crippen molar-refractivity contribution in [2.45, 2.75) is 63.7 Å². The fourth-order valence-corrected chi connectivity index (χ4v) is 3.84. The summed E-state index contributed by atoms with van der Waals surface area (Å²) in [5.41, 5.74) is 7.07. The molecule has 9 N–H and O–H groups in total. The zero-order valence-electron chi connectivity index (χ0n) is 21.3. The maximum Gasteiger partial charge on any atom is 0.326 e. The summed E-state index contributed by atoms with van der Waals surface area (Å²) in [6.45, 7) is 2.73. The van der Waals surface area contributed by atoms with E-state index >= 15 is 0 Å². The van der Waals surface area contributed by atoms with Gasteiger partial charge in [0.25, 0.3) is 0 Å². The average Bonchev–Trinajstić information content (AvgIpc) is 3.30. The third-order valence-electron chi connectivity index (χ3n) is 6.32. The zero-order valence-corrected chi connectivity index (χ0v) is 21.3. The van der Waals surface area contributed by atoms with Gasteiger partial charge in [-0.25, -0.2) is 4.79 Å². The van der Waals surface area contributed by atoms with E-state index in [0.717, 1.165) is 10.9 Å². The number of aliphatic hydroxyl groups is 1. The van der Waals surface area contributed by atoms with Crippen molar-refractivity contribution in [2.75, 3.05) is 6.61 Å². The summed E-state index contributed by atoms with van der Waals surface area (Å²) in [7, 11) is 0. The molecule has 2 aromatic rings. The second-order valence-corrected chi connectivity index (χ2v) is 9.12. The van der Waals surface area contributed by atoms with Crippen molar-refractivity contribution >= 4 is 40.6 Å². The first kappa shape index (κ1) is 30.3. The molecule has 0 saturated carbocycles. The van der Waals surface area contributed by atoms with E-state index < -0.39 is 72.8 Å². The minimum absolute atomic E-state index is 0.0162. The lowest BCUT2D eigenvalue weighted by atomic mass is 9.98. The number of aromatic amines is 1. The number of amides is 3. The highest BCUT2D eigenvalue weighted by Crippen LogP contribution is 2.19. The van der Waals surface area contributed by atoms with Crippen LogP contribution in [0.25, 0.3) is 10.9 Å². The van der Waals surface area contributed by atoms with Crippen LogP contribution in [0, 0.1) is 5.92 Å². The first-order chi connectivity index (χ1) is 18.0. The first-order valence-corrected chi connectivity index (χ1v) is 12.3. The molecule has 13 nitrogen and oxygen atoms in total. The standard InChI is InChI=1S/C25H35N5O8/c1-3-13(2)21(25(37)38)30-23(35)18(8-9-20(32)33)28-24(36)19(29-22(34)16(26)12-31)10-14-11-27-17-7-5-4-6-15(14)17/h4-7,11,13,16,18-19,21,27,31H,3,8-10,12,26H2,1-2H3,(H,28,36)(H,29,34)(H,30,35)(H,32,33)(H,37,38). The van der Waals surface area contributed by atoms with Crippen molar-refractivity contribution in [1.82, 2.24) is 20.9 Å². The van der Waals surface area contributed by atoms with E-state index in [2.05, 4.69) is 20.9 Å². The molecule has 0 aliphatic rings. The molecule has 0 bridgehead atoms. The number of benzene rings is 1. The van der Waals surface area contributed by atoms with E-state index in [-0.39, 0.29) is 12.8 Å². The summed E-state index contributed by atoms with van der Waals surface area (Å²) in [6, 6.07) is 2.09. The van der Waals surface area contributed by atoms with Crippen LogP contribution in [0.5, 0.6) is 0 Å². The predicted octanol–water partition coefficient (Wildman–Crippen LogP) is -0.520. The van der Waals surface area contributed by atoms with Crippen LogP contribution in [0.2, 0.25) is 0 Å². The second kappa shape index (κ2) is 14.1. The molecule has 0 aliphatic carbocycles. The van der Waals surface area contributed by atoms with Crippen molar-refractivity contribution in [3.63, 3.8) is 0 Å². The monoisotopic (exact) mass is 533 g/mol. The molecule has 38 heavy (non-hydrogen) atoms. The van der Waals surface area contributed by atoms with Gasteiger partial charge in [-0.2, -0.15) is 0 Å². The SMILES string of the molecule is CCC(C)C(NC(=O)C(CCC(=O)O)NC(=O)C(Cc1c[nH]c2ccccc12)NC(=O)C(N)CO)C(=O)O. The summed E-state index contributed by atoms with van der Waals surface area (Å²) < 4.78 is 0. The highest BCUT2D eigenvalue weighted by atomic mass is 16.4. The number of carboxylic acids is 2. The lowest BCUT2D eigenvalue weighted by molar-refractivity contribution is -0.144. The van der Waals surface area contributed by atoms with Crippen molar-refractivity contribution in [2.24, 2.45) is 11.7 Å². The van der Waals surface area contributed by atoms with Gasteiger partial charge in [0.05, 0.1) is 6.61 Å². The smallest absolute Gasteiger partial charge is 0.326 e. The number of aliphatic carboxylic acids is 2. The van der Waals surface area contributed by atoms with Crippen LogP contribution in [0.15, 0.2) is 30.5 Å². The van der Waals surface area contributed by atoms with E-state index in [9.17, 15) is 34.2 Å². The Balaban J connectivity index is 2.31. The minimum Gasteiger partial charge on any atom is -0.481 e. The Morgan fingerprint density at radius 1 is 0.974 bits per heavy atom. The van der Waals surface area contributed by atoms with Gasteiger partial charge in [0.2, 0.25) is 17.7 Å². The lowest BCUT2D eigenvalue weighted by Crippen LogP contribution is -2.58. The number of nitrogens with one attached hydrogen (secondary N) is 4. The van der Waals surface area contributed by atoms with Crippen LogP contribution in [-0.4, -0.2) is 80.7 Å². The Labute approximate surface area is 219 Å². The van der Waals surface area contributed by atoms with Gasteiger partial charge in [-0.3, -0.25) is 19.2 Å². The van der Waals surface area contributed by atoms with Crippen molar-refractivity contribution in [3.05, 3.63) is 36.0 Å². The summed E-state index contributed by atoms with van der Waals surface area (Å²) >= 11 is 0. The van der Waals surface area contributed by atoms with Crippen LogP contribution >= 0.6 is 0 Å². The third-order valence-corrected chi connectivity index (χ3v) is 6.32. The summed E-state index contributed by atoms with van der Waals surface area (Å²) in [5.74, 6) is -5.39. The molecule has 13 heteroatoms. The highest BCUT2D eigenvalue weighted by molar-refractivity contribution is 5.95. The first-order valence-electron chi connectivity index (χ1n) is 12.3. The molecule has 0 radical (unpaired) electrons.